The standard InChI is InChI=1S/C20H21N3O3S/c1-14(24)23(2)17-9-7-16(8-10-17)21-20(27)22-19(25)13-6-15-4-11-18(26-3)12-5-15/h4-13H,1-3H3,(H2,21,22,25,27)/b13-6+. The molecule has 0 aliphatic heterocycles. The van der Waals surface area contributed by atoms with Crippen LogP contribution in [-0.4, -0.2) is 31.1 Å². The van der Waals surface area contributed by atoms with Gasteiger partial charge in [0.25, 0.3) is 0 Å². The highest BCUT2D eigenvalue weighted by atomic mass is 32.1. The number of hydrogen-bond donors (Lipinski definition) is 2. The lowest BCUT2D eigenvalue weighted by Gasteiger charge is -2.15. The van der Waals surface area contributed by atoms with Gasteiger partial charge in [-0.05, 0) is 60.3 Å². The number of methoxy groups -OCH3 is 1. The molecule has 0 unspecified atom stereocenters. The Balaban J connectivity index is 1.87. The third kappa shape index (κ3) is 6.23. The molecule has 140 valence electrons. The van der Waals surface area contributed by atoms with Gasteiger partial charge in [0.2, 0.25) is 11.8 Å². The molecule has 7 heteroatoms. The van der Waals surface area contributed by atoms with E-state index in [9.17, 15) is 9.59 Å². The van der Waals surface area contributed by atoms with Crippen molar-refractivity contribution in [2.24, 2.45) is 0 Å². The topological polar surface area (TPSA) is 70.7 Å². The Kier molecular flexibility index (Phi) is 7.08. The maximum Gasteiger partial charge on any atom is 0.250 e. The Morgan fingerprint density at radius 2 is 1.70 bits per heavy atom. The quantitative estimate of drug-likeness (QED) is 0.613. The molecule has 0 aliphatic carbocycles. The predicted molar refractivity (Wildman–Crippen MR) is 112 cm³/mol. The number of thiocarbonyl (C=S) groups is 1. The summed E-state index contributed by atoms with van der Waals surface area (Å²) in [6, 6.07) is 14.5. The molecule has 0 radical (unpaired) electrons. The fraction of sp³-hybridized carbons (Fsp3) is 0.150. The smallest absolute Gasteiger partial charge is 0.250 e. The van der Waals surface area contributed by atoms with Crippen LogP contribution >= 0.6 is 12.2 Å². The fourth-order valence-electron chi connectivity index (χ4n) is 2.15. The van der Waals surface area contributed by atoms with E-state index in [-0.39, 0.29) is 16.9 Å². The summed E-state index contributed by atoms with van der Waals surface area (Å²) in [6.45, 7) is 1.50. The number of amides is 2. The van der Waals surface area contributed by atoms with Gasteiger partial charge in [0.1, 0.15) is 5.75 Å². The number of rotatable bonds is 5. The van der Waals surface area contributed by atoms with Gasteiger partial charge in [0.15, 0.2) is 5.11 Å². The van der Waals surface area contributed by atoms with Crippen molar-refractivity contribution in [3.05, 3.63) is 60.2 Å². The molecule has 27 heavy (non-hydrogen) atoms. The van der Waals surface area contributed by atoms with Crippen LogP contribution in [0, 0.1) is 0 Å². The van der Waals surface area contributed by atoms with Gasteiger partial charge in [0, 0.05) is 31.4 Å². The van der Waals surface area contributed by atoms with E-state index in [0.29, 0.717) is 5.69 Å². The summed E-state index contributed by atoms with van der Waals surface area (Å²) < 4.78 is 5.09. The van der Waals surface area contributed by atoms with Crippen molar-refractivity contribution >= 4 is 46.6 Å². The van der Waals surface area contributed by atoms with Crippen molar-refractivity contribution < 1.29 is 14.3 Å². The first-order valence-electron chi connectivity index (χ1n) is 8.17. The zero-order valence-electron chi connectivity index (χ0n) is 15.4. The molecule has 0 heterocycles. The van der Waals surface area contributed by atoms with Crippen molar-refractivity contribution in [1.29, 1.82) is 0 Å². The van der Waals surface area contributed by atoms with Crippen LogP contribution in [-0.2, 0) is 9.59 Å². The second kappa shape index (κ2) is 9.49. The highest BCUT2D eigenvalue weighted by molar-refractivity contribution is 7.80. The van der Waals surface area contributed by atoms with Crippen molar-refractivity contribution in [2.45, 2.75) is 6.92 Å². The lowest BCUT2D eigenvalue weighted by atomic mass is 10.2. The number of benzene rings is 2. The van der Waals surface area contributed by atoms with Gasteiger partial charge < -0.3 is 15.0 Å². The highest BCUT2D eigenvalue weighted by Gasteiger charge is 2.06. The van der Waals surface area contributed by atoms with E-state index >= 15 is 0 Å². The molecule has 0 fully saturated rings. The molecular formula is C20H21N3O3S. The minimum atomic E-state index is -0.337. The van der Waals surface area contributed by atoms with Crippen molar-refractivity contribution in [3.63, 3.8) is 0 Å². The lowest BCUT2D eigenvalue weighted by Crippen LogP contribution is -2.32. The normalized spacial score (nSPS) is 10.3. The van der Waals surface area contributed by atoms with Crippen molar-refractivity contribution in [1.82, 2.24) is 5.32 Å². The van der Waals surface area contributed by atoms with Crippen LogP contribution in [0.4, 0.5) is 11.4 Å². The largest absolute Gasteiger partial charge is 0.497 e. The number of hydrogen-bond acceptors (Lipinski definition) is 4. The second-order valence-electron chi connectivity index (χ2n) is 5.67. The molecule has 2 aromatic carbocycles. The number of nitrogens with zero attached hydrogens (tertiary/aromatic N) is 1. The molecule has 2 rings (SSSR count). The number of anilines is 2. The van der Waals surface area contributed by atoms with Crippen LogP contribution in [0.3, 0.4) is 0 Å². The van der Waals surface area contributed by atoms with E-state index in [1.54, 1.807) is 44.5 Å². The minimum absolute atomic E-state index is 0.0536. The van der Waals surface area contributed by atoms with Crippen LogP contribution in [0.15, 0.2) is 54.6 Å². The number of ether oxygens (including phenoxy) is 1. The van der Waals surface area contributed by atoms with Crippen molar-refractivity contribution in [2.75, 3.05) is 24.4 Å². The Bertz CT molecular complexity index is 846. The summed E-state index contributed by atoms with van der Waals surface area (Å²) in [5.74, 6) is 0.362. The van der Waals surface area contributed by atoms with E-state index in [1.165, 1.54) is 17.9 Å². The summed E-state index contributed by atoms with van der Waals surface area (Å²) in [4.78, 5) is 24.9. The highest BCUT2D eigenvalue weighted by Crippen LogP contribution is 2.17. The summed E-state index contributed by atoms with van der Waals surface area (Å²) in [6.07, 6.45) is 3.09. The number of carbonyl (C=O) groups excluding carboxylic acids is 2. The van der Waals surface area contributed by atoms with Crippen LogP contribution in [0.5, 0.6) is 5.75 Å². The molecule has 0 saturated heterocycles. The zero-order valence-corrected chi connectivity index (χ0v) is 16.2. The second-order valence-corrected chi connectivity index (χ2v) is 6.08. The first-order valence-corrected chi connectivity index (χ1v) is 8.58. The Hall–Kier alpha value is -3.19. The molecular weight excluding hydrogens is 362 g/mol. The molecule has 0 aliphatic rings. The van der Waals surface area contributed by atoms with Gasteiger partial charge in [0.05, 0.1) is 7.11 Å². The number of nitrogens with one attached hydrogen (secondary N) is 2. The van der Waals surface area contributed by atoms with Gasteiger partial charge in [-0.1, -0.05) is 12.1 Å². The maximum atomic E-state index is 12.0. The first-order chi connectivity index (χ1) is 12.9. The van der Waals surface area contributed by atoms with Crippen molar-refractivity contribution in [3.8, 4) is 5.75 Å². The number of carbonyl (C=O) groups is 2. The third-order valence-electron chi connectivity index (χ3n) is 3.76. The molecule has 2 amide bonds. The predicted octanol–water partition coefficient (Wildman–Crippen LogP) is 3.20. The summed E-state index contributed by atoms with van der Waals surface area (Å²) in [7, 11) is 3.30. The van der Waals surface area contributed by atoms with E-state index in [1.807, 2.05) is 24.3 Å². The summed E-state index contributed by atoms with van der Waals surface area (Å²) in [5.41, 5.74) is 2.35. The van der Waals surface area contributed by atoms with Gasteiger partial charge in [-0.3, -0.25) is 14.9 Å². The monoisotopic (exact) mass is 383 g/mol. The van der Waals surface area contributed by atoms with Gasteiger partial charge in [-0.2, -0.15) is 0 Å². The SMILES string of the molecule is COc1ccc(/C=C/C(=O)NC(=S)Nc2ccc(N(C)C(C)=O)cc2)cc1. The third-order valence-corrected chi connectivity index (χ3v) is 3.97. The van der Waals surface area contributed by atoms with E-state index in [0.717, 1.165) is 17.0 Å². The van der Waals surface area contributed by atoms with Crippen LogP contribution in [0.25, 0.3) is 6.08 Å². The Morgan fingerprint density at radius 3 is 2.26 bits per heavy atom. The molecule has 0 bridgehead atoms. The average molecular weight is 383 g/mol. The van der Waals surface area contributed by atoms with E-state index < -0.39 is 0 Å². The van der Waals surface area contributed by atoms with Gasteiger partial charge >= 0.3 is 0 Å². The summed E-state index contributed by atoms with van der Waals surface area (Å²) >= 11 is 5.14. The Labute approximate surface area is 163 Å². The van der Waals surface area contributed by atoms with Gasteiger partial charge in [-0.25, -0.2) is 0 Å². The lowest BCUT2D eigenvalue weighted by molar-refractivity contribution is -0.116. The minimum Gasteiger partial charge on any atom is -0.497 e. The molecule has 0 atom stereocenters. The molecule has 0 spiro atoms. The molecule has 2 N–H and O–H groups in total. The van der Waals surface area contributed by atoms with Crippen LogP contribution in [0.2, 0.25) is 0 Å². The van der Waals surface area contributed by atoms with Crippen LogP contribution < -0.4 is 20.3 Å². The summed E-state index contributed by atoms with van der Waals surface area (Å²) in [5, 5.41) is 5.70. The Morgan fingerprint density at radius 1 is 1.07 bits per heavy atom. The van der Waals surface area contributed by atoms with E-state index in [2.05, 4.69) is 10.6 Å². The van der Waals surface area contributed by atoms with Crippen LogP contribution in [0.1, 0.15) is 12.5 Å². The zero-order chi connectivity index (χ0) is 19.8. The maximum absolute atomic E-state index is 12.0. The molecule has 0 aromatic heterocycles. The molecule has 2 aromatic rings. The fourth-order valence-corrected chi connectivity index (χ4v) is 2.37. The van der Waals surface area contributed by atoms with E-state index in [4.69, 9.17) is 17.0 Å². The average Bonchev–Trinajstić information content (AvgIpc) is 2.66. The molecule has 0 saturated carbocycles. The first kappa shape index (κ1) is 20.1. The molecule has 6 nitrogen and oxygen atoms in total. The van der Waals surface area contributed by atoms with Gasteiger partial charge in [-0.15, -0.1) is 0 Å².